The van der Waals surface area contributed by atoms with Crippen molar-refractivity contribution in [3.8, 4) is 0 Å². The molecular formula is C31H54INa3O12S3. The first-order chi connectivity index (χ1) is 21.5. The Bertz CT molecular complexity index is 1120. The first kappa shape index (κ1) is 54.0. The molecule has 12 nitrogen and oxygen atoms in total. The van der Waals surface area contributed by atoms with E-state index >= 15 is 0 Å². The van der Waals surface area contributed by atoms with Crippen LogP contribution in [0, 0.1) is 63.6 Å². The van der Waals surface area contributed by atoms with E-state index in [2.05, 4.69) is 74.1 Å². The zero-order chi connectivity index (χ0) is 34.1. The van der Waals surface area contributed by atoms with Crippen molar-refractivity contribution in [3.05, 3.63) is 0 Å². The Morgan fingerprint density at radius 3 is 1.90 bits per heavy atom. The van der Waals surface area contributed by atoms with E-state index in [0.717, 1.165) is 25.7 Å². The molecule has 0 aromatic heterocycles. The molecule has 0 N–H and O–H groups in total. The van der Waals surface area contributed by atoms with Gasteiger partial charge in [-0.25, -0.2) is 8.42 Å². The van der Waals surface area contributed by atoms with E-state index in [0.29, 0.717) is 67.1 Å². The number of hydrogen-bond acceptors (Lipinski definition) is 14. The maximum Gasteiger partial charge on any atom is 1.00 e. The van der Waals surface area contributed by atoms with Crippen LogP contribution < -0.4 is 99.2 Å². The summed E-state index contributed by atoms with van der Waals surface area (Å²) in [6.45, 7) is 18.8. The predicted molar refractivity (Wildman–Crippen MR) is 181 cm³/mol. The van der Waals surface area contributed by atoms with Crippen LogP contribution >= 0.6 is 48.6 Å². The fraction of sp³-hybridized carbons (Fsp3) is 1.00. The van der Waals surface area contributed by atoms with E-state index in [9.17, 15) is 23.5 Å². The average molecular weight is 911 g/mol. The van der Waals surface area contributed by atoms with Crippen LogP contribution in [0.4, 0.5) is 0 Å². The van der Waals surface area contributed by atoms with Gasteiger partial charge in [0.2, 0.25) is 10.4 Å². The van der Waals surface area contributed by atoms with Gasteiger partial charge in [-0.3, -0.25) is 22.6 Å². The molecule has 9 unspecified atom stereocenters. The van der Waals surface area contributed by atoms with E-state index in [1.165, 1.54) is 12.8 Å². The first-order valence-corrected chi connectivity index (χ1v) is 19.4. The third-order valence-corrected chi connectivity index (χ3v) is 15.2. The third-order valence-electron chi connectivity index (χ3n) is 13.9. The Labute approximate surface area is 392 Å². The zero-order valence-electron chi connectivity index (χ0n) is 31.7. The quantitative estimate of drug-likeness (QED) is 0.0232. The van der Waals surface area contributed by atoms with Crippen molar-refractivity contribution >= 4 is 59.0 Å². The van der Waals surface area contributed by atoms with Crippen LogP contribution in [0.1, 0.15) is 113 Å². The van der Waals surface area contributed by atoms with Crippen LogP contribution in [0.3, 0.4) is 0 Å². The second-order valence-electron chi connectivity index (χ2n) is 16.0. The molecule has 12 atom stereocenters. The average Bonchev–Trinajstić information content (AvgIpc) is 3.33. The number of rotatable bonds is 16. The molecule has 4 aliphatic rings. The Kier molecular flexibility index (Phi) is 24.8. The number of hydrogen-bond donors (Lipinski definition) is 0. The van der Waals surface area contributed by atoms with E-state index in [1.807, 2.05) is 0 Å². The van der Waals surface area contributed by atoms with Gasteiger partial charge in [0.1, 0.15) is 12.2 Å². The number of halogens is 1. The minimum absolute atomic E-state index is 0. The molecule has 0 amide bonds. The summed E-state index contributed by atoms with van der Waals surface area (Å²) in [5.41, 5.74) is -0.0943. The van der Waals surface area contributed by atoms with Gasteiger partial charge in [0, 0.05) is 0 Å². The van der Waals surface area contributed by atoms with E-state index < -0.39 is 34.1 Å². The molecule has 0 saturated heterocycles. The summed E-state index contributed by atoms with van der Waals surface area (Å²) in [4.78, 5) is 0. The Morgan fingerprint density at radius 2 is 1.36 bits per heavy atom. The summed E-state index contributed by atoms with van der Waals surface area (Å²) in [6, 6.07) is 0. The van der Waals surface area contributed by atoms with Gasteiger partial charge < -0.3 is 15.1 Å². The summed E-state index contributed by atoms with van der Waals surface area (Å²) in [5.74, 6) is 2.79. The first-order valence-electron chi connectivity index (χ1n) is 16.7. The second kappa shape index (κ2) is 22.9. The van der Waals surface area contributed by atoms with Crippen LogP contribution in [0.5, 0.6) is 0 Å². The van der Waals surface area contributed by atoms with Gasteiger partial charge in [0.15, 0.2) is 24.6 Å². The summed E-state index contributed by atoms with van der Waals surface area (Å²) >= 11 is 0.696. The third kappa shape index (κ3) is 12.5. The van der Waals surface area contributed by atoms with E-state index in [1.54, 1.807) is 0 Å². The molecular weight excluding hydrogens is 856 g/mol. The smallest absolute Gasteiger partial charge is 0.726 e. The van der Waals surface area contributed by atoms with Crippen LogP contribution in [0.15, 0.2) is 0 Å². The minimum atomic E-state index is -4.99. The van der Waals surface area contributed by atoms with Crippen molar-refractivity contribution < 1.29 is 143 Å². The Hall–Kier alpha value is 3.98. The molecule has 0 spiro atoms. The molecule has 0 aromatic rings. The molecule has 4 rings (SSSR count). The minimum Gasteiger partial charge on any atom is -0.726 e. The molecule has 19 heteroatoms. The van der Waals surface area contributed by atoms with Crippen molar-refractivity contribution in [2.75, 3.05) is 0 Å². The van der Waals surface area contributed by atoms with Crippen LogP contribution in [0.2, 0.25) is 0 Å². The standard InChI is InChI=1S/C31H56O12S3.HI.3Na/c1-18(2)29(5,6)20(4)10-9-19(3)22-11-12-23-21-15-26(39-46(34,35)36)25-16-27(37-44-42-40-32)28(38-45-43-41-33)17-31(25,8)24(21)13-14-30(22,23)7;;;;/h18-28,32-33H,9-17H2,1-8H3,(H,34,35,36);1H;;;/q;;3*+1/p-3/t19?,20?,21?,22?,23?,24?,25?,26?,27?,28-,30+,31+;;;;/m0..../s1. The summed E-state index contributed by atoms with van der Waals surface area (Å²) in [7, 11) is -4.99. The topological polar surface area (TPSA) is 168 Å². The maximum absolute atomic E-state index is 12.1. The van der Waals surface area contributed by atoms with Gasteiger partial charge in [-0.1, -0.05) is 61.8 Å². The van der Waals surface area contributed by atoms with Gasteiger partial charge in [0.05, 0.1) is 6.10 Å². The van der Waals surface area contributed by atoms with Crippen LogP contribution in [-0.2, 0) is 41.7 Å². The molecule has 0 radical (unpaired) electrons. The van der Waals surface area contributed by atoms with Crippen molar-refractivity contribution in [1.29, 1.82) is 0 Å². The van der Waals surface area contributed by atoms with Crippen molar-refractivity contribution in [3.63, 3.8) is 0 Å². The SMILES string of the molecule is CC(CCC(C)C(C)(C)C(C)C)C1CCC2C3CC(OS(=O)(=O)[O-])C4CC(OSOO[O-])[C@@H](OSOO[O-])C[C@]4(C)C3CC[C@]12C.I.[Na+].[Na+].[Na+]. The number of fused-ring (bicyclic) bond motifs is 5. The van der Waals surface area contributed by atoms with Gasteiger partial charge in [-0.2, -0.15) is 0 Å². The Balaban J connectivity index is 0.00000600. The fourth-order valence-electron chi connectivity index (χ4n) is 10.5. The Morgan fingerprint density at radius 1 is 0.800 bits per heavy atom. The maximum atomic E-state index is 12.1. The fourth-order valence-corrected chi connectivity index (χ4v) is 11.7. The molecule has 4 fully saturated rings. The summed E-state index contributed by atoms with van der Waals surface area (Å²) in [6.07, 6.45) is 5.55. The molecule has 0 heterocycles. The van der Waals surface area contributed by atoms with Crippen molar-refractivity contribution in [2.24, 2.45) is 63.6 Å². The monoisotopic (exact) mass is 910 g/mol. The summed E-state index contributed by atoms with van der Waals surface area (Å²) < 4.78 is 61.7. The van der Waals surface area contributed by atoms with Gasteiger partial charge >= 0.3 is 88.7 Å². The zero-order valence-corrected chi connectivity index (χ0v) is 42.5. The van der Waals surface area contributed by atoms with Gasteiger partial charge in [-0.05, 0) is 115 Å². The van der Waals surface area contributed by atoms with Crippen LogP contribution in [-0.4, -0.2) is 31.3 Å². The molecule has 4 saturated carbocycles. The van der Waals surface area contributed by atoms with E-state index in [-0.39, 0.29) is 148 Å². The largest absolute Gasteiger partial charge is 1.00 e. The molecule has 0 aromatic carbocycles. The molecule has 0 aliphatic heterocycles. The van der Waals surface area contributed by atoms with E-state index in [4.69, 9.17) is 12.5 Å². The molecule has 4 aliphatic carbocycles. The normalized spacial score (nSPS) is 36.3. The molecule has 0 bridgehead atoms. The second-order valence-corrected chi connectivity index (χ2v) is 18.0. The van der Waals surface area contributed by atoms with Gasteiger partial charge in [0.25, 0.3) is 0 Å². The predicted octanol–water partition coefficient (Wildman–Crippen LogP) is -2.58. The van der Waals surface area contributed by atoms with Crippen molar-refractivity contribution in [2.45, 2.75) is 131 Å². The summed E-state index contributed by atoms with van der Waals surface area (Å²) in [5, 5.41) is 27.6. The van der Waals surface area contributed by atoms with Crippen molar-refractivity contribution in [1.82, 2.24) is 0 Å². The molecule has 278 valence electrons. The molecule has 50 heavy (non-hydrogen) atoms. The van der Waals surface area contributed by atoms with Crippen LogP contribution in [0.25, 0.3) is 0 Å². The van der Waals surface area contributed by atoms with Gasteiger partial charge in [-0.15, -0.1) is 32.6 Å².